The number of rotatable bonds is 8. The van der Waals surface area contributed by atoms with Crippen molar-refractivity contribution in [3.05, 3.63) is 188 Å². The SMILES string of the molecule is C1=CC(c2ccccn2)NC(c2cccc(-c3cc(-c4ccccn4)nc(-c4cc(-c5cccc(-c6ccccn6)n5)cc(-c5ccccn5)n4)c3)n2)=C1. The number of aromatic nitrogens is 8. The van der Waals surface area contributed by atoms with E-state index >= 15 is 0 Å². The lowest BCUT2D eigenvalue weighted by Gasteiger charge is -2.21. The molecule has 1 atom stereocenters. The van der Waals surface area contributed by atoms with Gasteiger partial charge in [-0.15, -0.1) is 0 Å². The summed E-state index contributed by atoms with van der Waals surface area (Å²) in [5, 5.41) is 3.60. The van der Waals surface area contributed by atoms with Gasteiger partial charge in [-0.05, 0) is 103 Å². The van der Waals surface area contributed by atoms with Crippen LogP contribution in [-0.4, -0.2) is 39.9 Å². The van der Waals surface area contributed by atoms with Gasteiger partial charge in [-0.25, -0.2) is 19.9 Å². The lowest BCUT2D eigenvalue weighted by atomic mass is 10.0. The first kappa shape index (κ1) is 32.4. The molecule has 1 aliphatic rings. The maximum Gasteiger partial charge on any atom is 0.0901 e. The van der Waals surface area contributed by atoms with Gasteiger partial charge in [0.25, 0.3) is 0 Å². The van der Waals surface area contributed by atoms with Gasteiger partial charge in [-0.1, -0.05) is 48.6 Å². The third kappa shape index (κ3) is 6.89. The molecule has 1 unspecified atom stereocenters. The summed E-state index contributed by atoms with van der Waals surface area (Å²) in [4.78, 5) is 38.8. The van der Waals surface area contributed by atoms with Crippen molar-refractivity contribution >= 4 is 5.70 Å². The van der Waals surface area contributed by atoms with Gasteiger partial charge in [0.1, 0.15) is 0 Å². The molecule has 8 aromatic rings. The fraction of sp³-hybridized carbons (Fsp3) is 0.0222. The molecule has 54 heavy (non-hydrogen) atoms. The van der Waals surface area contributed by atoms with Gasteiger partial charge in [0.05, 0.1) is 80.1 Å². The molecule has 0 fully saturated rings. The fourth-order valence-corrected chi connectivity index (χ4v) is 6.33. The number of hydrogen-bond donors (Lipinski definition) is 1. The average Bonchev–Trinajstić information content (AvgIpc) is 3.27. The van der Waals surface area contributed by atoms with E-state index in [-0.39, 0.29) is 6.04 Å². The summed E-state index contributed by atoms with van der Waals surface area (Å²) in [6.07, 6.45) is 13.3. The Hall–Kier alpha value is -7.52. The van der Waals surface area contributed by atoms with E-state index in [1.165, 1.54) is 0 Å². The summed E-state index contributed by atoms with van der Waals surface area (Å²) < 4.78 is 0. The Morgan fingerprint density at radius 1 is 0.370 bits per heavy atom. The van der Waals surface area contributed by atoms with Crippen LogP contribution in [0.1, 0.15) is 17.4 Å². The van der Waals surface area contributed by atoms with Crippen molar-refractivity contribution in [3.8, 4) is 68.1 Å². The lowest BCUT2D eigenvalue weighted by molar-refractivity contribution is 0.734. The van der Waals surface area contributed by atoms with Gasteiger partial charge in [0.15, 0.2) is 0 Å². The molecule has 0 radical (unpaired) electrons. The van der Waals surface area contributed by atoms with Crippen molar-refractivity contribution < 1.29 is 0 Å². The molecule has 0 aliphatic carbocycles. The zero-order valence-electron chi connectivity index (χ0n) is 28.9. The van der Waals surface area contributed by atoms with Crippen molar-refractivity contribution in [2.24, 2.45) is 0 Å². The maximum absolute atomic E-state index is 5.15. The van der Waals surface area contributed by atoms with E-state index in [2.05, 4.69) is 31.3 Å². The molecule has 0 aromatic carbocycles. The zero-order chi connectivity index (χ0) is 36.1. The van der Waals surface area contributed by atoms with Crippen molar-refractivity contribution in [2.45, 2.75) is 6.04 Å². The molecule has 9 heteroatoms. The van der Waals surface area contributed by atoms with Crippen LogP contribution in [0.5, 0.6) is 0 Å². The molecule has 0 bridgehead atoms. The second-order valence-electron chi connectivity index (χ2n) is 12.6. The van der Waals surface area contributed by atoms with E-state index in [0.717, 1.165) is 62.4 Å². The first-order valence-electron chi connectivity index (χ1n) is 17.5. The first-order chi connectivity index (χ1) is 26.7. The number of pyridine rings is 8. The van der Waals surface area contributed by atoms with Gasteiger partial charge in [0.2, 0.25) is 0 Å². The first-order valence-corrected chi connectivity index (χ1v) is 17.5. The van der Waals surface area contributed by atoms with E-state index in [0.29, 0.717) is 22.8 Å². The Kier molecular flexibility index (Phi) is 8.76. The standard InChI is InChI=1S/C45H31N9/c1-5-22-46-34(12-1)38-18-9-16-32(50-38)30-26-42(36-14-3-7-24-48-36)53-44(28-30)45-29-31(27-43(54-45)37-15-4-8-25-49-37)33-17-10-20-40(51-33)41-21-11-19-39(52-41)35-13-2-6-23-47-35/h1-29,39,52H. The molecular formula is C45H31N9. The third-order valence-electron chi connectivity index (χ3n) is 8.94. The highest BCUT2D eigenvalue weighted by atomic mass is 15.0. The summed E-state index contributed by atoms with van der Waals surface area (Å²) in [6, 6.07) is 43.4. The predicted octanol–water partition coefficient (Wildman–Crippen LogP) is 9.09. The van der Waals surface area contributed by atoms with E-state index in [9.17, 15) is 0 Å². The van der Waals surface area contributed by atoms with E-state index < -0.39 is 0 Å². The van der Waals surface area contributed by atoms with Gasteiger partial charge < -0.3 is 5.32 Å². The Balaban J connectivity index is 1.16. The summed E-state index contributed by atoms with van der Waals surface area (Å²) >= 11 is 0. The van der Waals surface area contributed by atoms with E-state index in [4.69, 9.17) is 19.9 Å². The Morgan fingerprint density at radius 2 is 0.796 bits per heavy atom. The Bertz CT molecular complexity index is 2630. The largest absolute Gasteiger partial charge is 0.372 e. The highest BCUT2D eigenvalue weighted by molar-refractivity contribution is 5.78. The molecule has 0 saturated carbocycles. The summed E-state index contributed by atoms with van der Waals surface area (Å²) in [6.45, 7) is 0. The maximum atomic E-state index is 5.15. The summed E-state index contributed by atoms with van der Waals surface area (Å²) in [5.41, 5.74) is 11.7. The average molecular weight is 698 g/mol. The van der Waals surface area contributed by atoms with Crippen LogP contribution in [0.25, 0.3) is 73.8 Å². The fourth-order valence-electron chi connectivity index (χ4n) is 6.33. The predicted molar refractivity (Wildman–Crippen MR) is 211 cm³/mol. The lowest BCUT2D eigenvalue weighted by Crippen LogP contribution is -2.21. The van der Waals surface area contributed by atoms with Gasteiger partial charge >= 0.3 is 0 Å². The van der Waals surface area contributed by atoms with Crippen LogP contribution in [-0.2, 0) is 0 Å². The minimum absolute atomic E-state index is 0.0641. The van der Waals surface area contributed by atoms with E-state index in [1.807, 2.05) is 152 Å². The normalized spacial score (nSPS) is 13.6. The molecule has 0 spiro atoms. The van der Waals surface area contributed by atoms with Crippen molar-refractivity contribution in [2.75, 3.05) is 0 Å². The van der Waals surface area contributed by atoms with Crippen LogP contribution >= 0.6 is 0 Å². The number of dihydropyridines is 1. The topological polar surface area (TPSA) is 115 Å². The zero-order valence-corrected chi connectivity index (χ0v) is 28.9. The van der Waals surface area contributed by atoms with Crippen LogP contribution in [0.2, 0.25) is 0 Å². The Morgan fingerprint density at radius 3 is 1.31 bits per heavy atom. The molecule has 9 rings (SSSR count). The van der Waals surface area contributed by atoms with Gasteiger partial charge in [-0.2, -0.15) is 0 Å². The molecule has 0 amide bonds. The third-order valence-corrected chi connectivity index (χ3v) is 8.94. The van der Waals surface area contributed by atoms with Crippen molar-refractivity contribution in [1.29, 1.82) is 0 Å². The molecule has 0 saturated heterocycles. The number of allylic oxidation sites excluding steroid dienone is 2. The number of nitrogens with zero attached hydrogens (tertiary/aromatic N) is 8. The molecule has 1 aliphatic heterocycles. The molecule has 9 heterocycles. The highest BCUT2D eigenvalue weighted by Gasteiger charge is 2.18. The highest BCUT2D eigenvalue weighted by Crippen LogP contribution is 2.33. The smallest absolute Gasteiger partial charge is 0.0901 e. The second-order valence-corrected chi connectivity index (χ2v) is 12.6. The van der Waals surface area contributed by atoms with Crippen LogP contribution < -0.4 is 5.32 Å². The van der Waals surface area contributed by atoms with Crippen molar-refractivity contribution in [3.63, 3.8) is 0 Å². The number of nitrogens with one attached hydrogen (secondary N) is 1. The molecule has 9 nitrogen and oxygen atoms in total. The van der Waals surface area contributed by atoms with Gasteiger partial charge in [-0.3, -0.25) is 19.9 Å². The minimum atomic E-state index is -0.0641. The van der Waals surface area contributed by atoms with Crippen LogP contribution in [0.15, 0.2) is 176 Å². The molecule has 256 valence electrons. The number of hydrogen-bond acceptors (Lipinski definition) is 9. The minimum Gasteiger partial charge on any atom is -0.372 e. The van der Waals surface area contributed by atoms with Crippen molar-refractivity contribution in [1.82, 2.24) is 45.2 Å². The van der Waals surface area contributed by atoms with Crippen LogP contribution in [0.4, 0.5) is 0 Å². The van der Waals surface area contributed by atoms with E-state index in [1.54, 1.807) is 18.6 Å². The summed E-state index contributed by atoms with van der Waals surface area (Å²) in [5.74, 6) is 0. The monoisotopic (exact) mass is 697 g/mol. The second kappa shape index (κ2) is 14.6. The summed E-state index contributed by atoms with van der Waals surface area (Å²) in [7, 11) is 0. The van der Waals surface area contributed by atoms with Gasteiger partial charge in [0, 0.05) is 35.9 Å². The molecular weight excluding hydrogens is 667 g/mol. The molecule has 8 aromatic heterocycles. The van der Waals surface area contributed by atoms with Crippen LogP contribution in [0, 0.1) is 0 Å². The quantitative estimate of drug-likeness (QED) is 0.166. The Labute approximate surface area is 312 Å². The molecule has 1 N–H and O–H groups in total. The van der Waals surface area contributed by atoms with Crippen LogP contribution in [0.3, 0.4) is 0 Å².